The minimum absolute atomic E-state index is 0.573. The van der Waals surface area contributed by atoms with Gasteiger partial charge in [-0.2, -0.15) is 5.10 Å². The molecule has 0 aromatic carbocycles. The Morgan fingerprint density at radius 2 is 2.12 bits per heavy atom. The van der Waals surface area contributed by atoms with Gasteiger partial charge in [-0.1, -0.05) is 0 Å². The Morgan fingerprint density at radius 3 is 2.92 bits per heavy atom. The molecule has 4 rings (SSSR count). The van der Waals surface area contributed by atoms with Crippen LogP contribution in [0, 0.1) is 0 Å². The SMILES string of the molecule is COc1ccc(CN2CCC[C@@H](c3nc4c(s3)CCCC4)C2)nn1. The monoisotopic (exact) mass is 344 g/mol. The smallest absolute Gasteiger partial charge is 0.233 e. The first-order valence-corrected chi connectivity index (χ1v) is 9.71. The van der Waals surface area contributed by atoms with Crippen LogP contribution in [-0.4, -0.2) is 40.3 Å². The molecule has 1 fully saturated rings. The number of methoxy groups -OCH3 is 1. The predicted octanol–water partition coefficient (Wildman–Crippen LogP) is 3.20. The summed E-state index contributed by atoms with van der Waals surface area (Å²) in [6, 6.07) is 3.90. The fraction of sp³-hybridized carbons (Fsp3) is 0.611. The number of nitrogens with zero attached hydrogens (tertiary/aromatic N) is 4. The van der Waals surface area contributed by atoms with Gasteiger partial charge < -0.3 is 4.74 Å². The van der Waals surface area contributed by atoms with Gasteiger partial charge in [0.05, 0.1) is 23.5 Å². The molecule has 2 aromatic rings. The standard InChI is InChI=1S/C18H24N4OS/c1-23-17-9-8-14(20-21-17)12-22-10-4-5-13(11-22)18-19-15-6-2-3-7-16(15)24-18/h8-9,13H,2-7,10-12H2,1H3/t13-/m1/s1. The van der Waals surface area contributed by atoms with Crippen LogP contribution in [-0.2, 0) is 19.4 Å². The molecule has 1 atom stereocenters. The van der Waals surface area contributed by atoms with Gasteiger partial charge in [0.15, 0.2) is 0 Å². The fourth-order valence-corrected chi connectivity index (χ4v) is 5.00. The van der Waals surface area contributed by atoms with E-state index < -0.39 is 0 Å². The second-order valence-corrected chi connectivity index (χ2v) is 7.89. The van der Waals surface area contributed by atoms with E-state index in [2.05, 4.69) is 15.1 Å². The molecule has 24 heavy (non-hydrogen) atoms. The Labute approximate surface area is 147 Å². The van der Waals surface area contributed by atoms with E-state index in [9.17, 15) is 0 Å². The molecule has 1 saturated heterocycles. The van der Waals surface area contributed by atoms with Crippen LogP contribution < -0.4 is 4.74 Å². The quantitative estimate of drug-likeness (QED) is 0.852. The molecule has 2 aliphatic rings. The molecule has 2 aromatic heterocycles. The van der Waals surface area contributed by atoms with Gasteiger partial charge in [0, 0.05) is 30.0 Å². The van der Waals surface area contributed by atoms with Crippen molar-refractivity contribution in [2.24, 2.45) is 0 Å². The van der Waals surface area contributed by atoms with Crippen molar-refractivity contribution in [1.29, 1.82) is 0 Å². The van der Waals surface area contributed by atoms with Crippen LogP contribution in [0.2, 0.25) is 0 Å². The molecule has 3 heterocycles. The third-order valence-corrected chi connectivity index (χ3v) is 6.33. The second kappa shape index (κ2) is 7.15. The molecular weight excluding hydrogens is 320 g/mol. The highest BCUT2D eigenvalue weighted by molar-refractivity contribution is 7.11. The highest BCUT2D eigenvalue weighted by atomic mass is 32.1. The van der Waals surface area contributed by atoms with Crippen LogP contribution in [0.3, 0.4) is 0 Å². The first-order valence-electron chi connectivity index (χ1n) is 8.89. The van der Waals surface area contributed by atoms with E-state index in [0.717, 1.165) is 25.3 Å². The van der Waals surface area contributed by atoms with Gasteiger partial charge in [0.1, 0.15) is 0 Å². The number of piperidine rings is 1. The van der Waals surface area contributed by atoms with E-state index in [-0.39, 0.29) is 0 Å². The van der Waals surface area contributed by atoms with Crippen LogP contribution in [0.5, 0.6) is 5.88 Å². The minimum atomic E-state index is 0.573. The lowest BCUT2D eigenvalue weighted by Gasteiger charge is -2.31. The summed E-state index contributed by atoms with van der Waals surface area (Å²) in [5.41, 5.74) is 2.40. The van der Waals surface area contributed by atoms with Gasteiger partial charge in [0.25, 0.3) is 0 Å². The summed E-state index contributed by atoms with van der Waals surface area (Å²) < 4.78 is 5.08. The van der Waals surface area contributed by atoms with Gasteiger partial charge >= 0.3 is 0 Å². The first-order chi connectivity index (χ1) is 11.8. The summed E-state index contributed by atoms with van der Waals surface area (Å²) in [5.74, 6) is 1.16. The number of ether oxygens (including phenoxy) is 1. The van der Waals surface area contributed by atoms with Gasteiger partial charge in [-0.3, -0.25) is 4.90 Å². The number of likely N-dealkylation sites (tertiary alicyclic amines) is 1. The molecule has 1 aliphatic carbocycles. The van der Waals surface area contributed by atoms with E-state index in [1.54, 1.807) is 12.0 Å². The number of aromatic nitrogens is 3. The van der Waals surface area contributed by atoms with Crippen LogP contribution in [0.25, 0.3) is 0 Å². The van der Waals surface area contributed by atoms with Crippen molar-refractivity contribution in [1.82, 2.24) is 20.1 Å². The molecular formula is C18H24N4OS. The van der Waals surface area contributed by atoms with Crippen LogP contribution >= 0.6 is 11.3 Å². The lowest BCUT2D eigenvalue weighted by atomic mass is 9.98. The van der Waals surface area contributed by atoms with Crippen LogP contribution in [0.1, 0.15) is 52.9 Å². The summed E-state index contributed by atoms with van der Waals surface area (Å²) in [4.78, 5) is 9.03. The van der Waals surface area contributed by atoms with Gasteiger partial charge in [-0.25, -0.2) is 4.98 Å². The predicted molar refractivity (Wildman–Crippen MR) is 94.6 cm³/mol. The Bertz CT molecular complexity index is 661. The van der Waals surface area contributed by atoms with E-state index in [1.165, 1.54) is 49.2 Å². The van der Waals surface area contributed by atoms with Crippen molar-refractivity contribution < 1.29 is 4.74 Å². The topological polar surface area (TPSA) is 51.1 Å². The number of fused-ring (bicyclic) bond motifs is 1. The average molecular weight is 344 g/mol. The van der Waals surface area contributed by atoms with Crippen LogP contribution in [0.4, 0.5) is 0 Å². The Kier molecular flexibility index (Phi) is 4.76. The molecule has 0 saturated carbocycles. The summed E-state index contributed by atoms with van der Waals surface area (Å²) in [6.07, 6.45) is 7.56. The fourth-order valence-electron chi connectivity index (χ4n) is 3.72. The first kappa shape index (κ1) is 16.0. The van der Waals surface area contributed by atoms with Crippen molar-refractivity contribution >= 4 is 11.3 Å². The molecule has 1 aliphatic heterocycles. The molecule has 0 bridgehead atoms. The maximum Gasteiger partial charge on any atom is 0.233 e. The third-order valence-electron chi connectivity index (χ3n) is 5.01. The van der Waals surface area contributed by atoms with Crippen molar-refractivity contribution in [3.05, 3.63) is 33.4 Å². The van der Waals surface area contributed by atoms with Gasteiger partial charge in [-0.15, -0.1) is 16.4 Å². The molecule has 6 heteroatoms. The van der Waals surface area contributed by atoms with Gasteiger partial charge in [0.2, 0.25) is 5.88 Å². The van der Waals surface area contributed by atoms with E-state index >= 15 is 0 Å². The molecule has 0 amide bonds. The van der Waals surface area contributed by atoms with Crippen molar-refractivity contribution in [2.75, 3.05) is 20.2 Å². The lowest BCUT2D eigenvalue weighted by Crippen LogP contribution is -2.34. The summed E-state index contributed by atoms with van der Waals surface area (Å²) >= 11 is 1.97. The Hall–Kier alpha value is -1.53. The largest absolute Gasteiger partial charge is 0.480 e. The molecule has 0 unspecified atom stereocenters. The molecule has 0 spiro atoms. The maximum atomic E-state index is 5.08. The highest BCUT2D eigenvalue weighted by Gasteiger charge is 2.26. The van der Waals surface area contributed by atoms with Crippen LogP contribution in [0.15, 0.2) is 12.1 Å². The summed E-state index contributed by atoms with van der Waals surface area (Å²) in [5, 5.41) is 9.71. The molecule has 5 nitrogen and oxygen atoms in total. The maximum absolute atomic E-state index is 5.08. The molecule has 0 radical (unpaired) electrons. The number of thiazole rings is 1. The van der Waals surface area contributed by atoms with E-state index in [0.29, 0.717) is 11.8 Å². The highest BCUT2D eigenvalue weighted by Crippen LogP contribution is 2.34. The zero-order valence-electron chi connectivity index (χ0n) is 14.2. The summed E-state index contributed by atoms with van der Waals surface area (Å²) in [6.45, 7) is 3.08. The third kappa shape index (κ3) is 3.44. The van der Waals surface area contributed by atoms with E-state index in [4.69, 9.17) is 9.72 Å². The number of hydrogen-bond acceptors (Lipinski definition) is 6. The summed E-state index contributed by atoms with van der Waals surface area (Å²) in [7, 11) is 1.62. The number of aryl methyl sites for hydroxylation is 2. The van der Waals surface area contributed by atoms with Crippen molar-refractivity contribution in [2.45, 2.75) is 51.0 Å². The normalized spacial score (nSPS) is 21.5. The second-order valence-electron chi connectivity index (χ2n) is 6.77. The zero-order valence-corrected chi connectivity index (χ0v) is 15.0. The lowest BCUT2D eigenvalue weighted by molar-refractivity contribution is 0.197. The Morgan fingerprint density at radius 1 is 1.21 bits per heavy atom. The number of hydrogen-bond donors (Lipinski definition) is 0. The van der Waals surface area contributed by atoms with Crippen molar-refractivity contribution in [3.8, 4) is 5.88 Å². The molecule has 0 N–H and O–H groups in total. The minimum Gasteiger partial charge on any atom is -0.480 e. The van der Waals surface area contributed by atoms with Gasteiger partial charge in [-0.05, 0) is 51.1 Å². The Balaban J connectivity index is 1.42. The average Bonchev–Trinajstić information content (AvgIpc) is 3.07. The van der Waals surface area contributed by atoms with E-state index in [1.807, 2.05) is 23.5 Å². The number of rotatable bonds is 4. The van der Waals surface area contributed by atoms with Crippen molar-refractivity contribution in [3.63, 3.8) is 0 Å². The zero-order chi connectivity index (χ0) is 16.4. The molecule has 128 valence electrons.